The molecule has 0 aliphatic carbocycles. The van der Waals surface area contributed by atoms with Crippen LogP contribution in [0, 0.1) is 5.92 Å². The predicted octanol–water partition coefficient (Wildman–Crippen LogP) is 8.41. The van der Waals surface area contributed by atoms with Crippen LogP contribution in [0.2, 0.25) is 0 Å². The van der Waals surface area contributed by atoms with Gasteiger partial charge in [-0.1, -0.05) is 84.6 Å². The van der Waals surface area contributed by atoms with Gasteiger partial charge in [0.1, 0.15) is 5.54 Å². The van der Waals surface area contributed by atoms with Crippen LogP contribution in [0.4, 0.5) is 5.69 Å². The Hall–Kier alpha value is -3.26. The summed E-state index contributed by atoms with van der Waals surface area (Å²) in [5.41, 5.74) is -0.839. The summed E-state index contributed by atoms with van der Waals surface area (Å²) in [5, 5.41) is 3.50. The quantitative estimate of drug-likeness (QED) is 0.0625. The Labute approximate surface area is 349 Å². The second-order valence-corrected chi connectivity index (χ2v) is 18.8. The van der Waals surface area contributed by atoms with Crippen LogP contribution in [-0.4, -0.2) is 99.8 Å². The third kappa shape index (κ3) is 11.5. The van der Waals surface area contributed by atoms with Gasteiger partial charge in [0.2, 0.25) is 15.9 Å². The molecule has 0 aromatic heterocycles. The zero-order valence-electron chi connectivity index (χ0n) is 37.4. The molecule has 3 rings (SSSR count). The van der Waals surface area contributed by atoms with Crippen LogP contribution < -0.4 is 9.62 Å². The number of hydrogen-bond acceptors (Lipinski definition) is 10. The highest BCUT2D eigenvalue weighted by molar-refractivity contribution is 7.89. The van der Waals surface area contributed by atoms with Gasteiger partial charge >= 0.3 is 11.9 Å². The number of esters is 2. The minimum atomic E-state index is -3.77. The fraction of sp³-hybridized carbons (Fsp3) is 0.711. The van der Waals surface area contributed by atoms with Crippen LogP contribution in [0.5, 0.6) is 0 Å². The van der Waals surface area contributed by atoms with Gasteiger partial charge in [-0.25, -0.2) is 13.1 Å². The molecule has 1 amide bonds. The first-order chi connectivity index (χ1) is 27.4. The number of nitrogens with one attached hydrogen (secondary N) is 1. The van der Waals surface area contributed by atoms with Crippen molar-refractivity contribution >= 4 is 44.3 Å². The first-order valence-corrected chi connectivity index (χ1v) is 23.1. The van der Waals surface area contributed by atoms with Gasteiger partial charge in [0.05, 0.1) is 30.3 Å². The van der Waals surface area contributed by atoms with Crippen LogP contribution in [0.25, 0.3) is 10.8 Å². The molecule has 0 bridgehead atoms. The van der Waals surface area contributed by atoms with Gasteiger partial charge in [0.25, 0.3) is 0 Å². The minimum Gasteiger partial charge on any atom is -0.468 e. The number of piperazine rings is 1. The Morgan fingerprint density at radius 1 is 0.862 bits per heavy atom. The number of anilines is 1. The van der Waals surface area contributed by atoms with E-state index in [1.165, 1.54) is 7.11 Å². The smallest absolute Gasteiger partial charge is 0.320 e. The number of fused-ring (bicyclic) bond motifs is 1. The molecule has 328 valence electrons. The van der Waals surface area contributed by atoms with Gasteiger partial charge in [-0.05, 0) is 90.7 Å². The van der Waals surface area contributed by atoms with Crippen molar-refractivity contribution in [2.24, 2.45) is 5.92 Å². The normalized spacial score (nSPS) is 16.9. The molecule has 0 radical (unpaired) electrons. The molecule has 2 aromatic carbocycles. The van der Waals surface area contributed by atoms with E-state index in [0.29, 0.717) is 50.5 Å². The molecule has 2 aromatic rings. The molecule has 58 heavy (non-hydrogen) atoms. The fourth-order valence-corrected chi connectivity index (χ4v) is 9.58. The van der Waals surface area contributed by atoms with Crippen molar-refractivity contribution in [1.29, 1.82) is 0 Å². The van der Waals surface area contributed by atoms with Crippen molar-refractivity contribution in [3.8, 4) is 0 Å². The van der Waals surface area contributed by atoms with Crippen molar-refractivity contribution < 1.29 is 37.1 Å². The Morgan fingerprint density at radius 2 is 1.50 bits per heavy atom. The Bertz CT molecular complexity index is 1750. The second-order valence-electron chi connectivity index (χ2n) is 17.1. The Kier molecular flexibility index (Phi) is 18.5. The summed E-state index contributed by atoms with van der Waals surface area (Å²) >= 11 is 0. The van der Waals surface area contributed by atoms with Crippen LogP contribution in [0.15, 0.2) is 41.3 Å². The summed E-state index contributed by atoms with van der Waals surface area (Å²) in [7, 11) is 1.35. The van der Waals surface area contributed by atoms with E-state index >= 15 is 0 Å². The highest BCUT2D eigenvalue weighted by Gasteiger charge is 2.59. The van der Waals surface area contributed by atoms with E-state index < -0.39 is 45.1 Å². The predicted molar refractivity (Wildman–Crippen MR) is 232 cm³/mol. The zero-order chi connectivity index (χ0) is 43.3. The molecule has 2 unspecified atom stereocenters. The summed E-state index contributed by atoms with van der Waals surface area (Å²) < 4.78 is 40.2. The van der Waals surface area contributed by atoms with Crippen LogP contribution in [0.1, 0.15) is 139 Å². The van der Waals surface area contributed by atoms with Gasteiger partial charge in [-0.15, -0.1) is 0 Å². The highest BCUT2D eigenvalue weighted by atomic mass is 32.2. The molecule has 1 heterocycles. The van der Waals surface area contributed by atoms with Gasteiger partial charge in [0, 0.05) is 49.2 Å². The second kappa shape index (κ2) is 21.8. The van der Waals surface area contributed by atoms with Crippen LogP contribution in [0.3, 0.4) is 0 Å². The molecule has 1 aliphatic heterocycles. The third-order valence-corrected chi connectivity index (χ3v) is 13.6. The maximum Gasteiger partial charge on any atom is 0.320 e. The zero-order valence-corrected chi connectivity index (χ0v) is 38.3. The molecule has 0 spiro atoms. The van der Waals surface area contributed by atoms with Crippen molar-refractivity contribution in [3.63, 3.8) is 0 Å². The number of amides is 1. The first kappa shape index (κ1) is 49.1. The average molecular weight is 831 g/mol. The van der Waals surface area contributed by atoms with E-state index in [1.54, 1.807) is 12.1 Å². The van der Waals surface area contributed by atoms with Crippen molar-refractivity contribution in [2.45, 2.75) is 166 Å². The SMILES string of the molecule is CCCCCCC(CC(C(=O)OC)C(=O)OCCCCCNS(=O)(=O)c1cccc2c(N(C)C)cccc12)ON1C(CC)(CC)CN(C(C)(C)C)C(=O)C1(CC)CC. The lowest BCUT2D eigenvalue weighted by atomic mass is 9.77. The first-order valence-electron chi connectivity index (χ1n) is 21.7. The number of ether oxygens (including phenoxy) is 2. The molecule has 1 fully saturated rings. The number of sulfonamides is 1. The van der Waals surface area contributed by atoms with E-state index in [-0.39, 0.29) is 35.9 Å². The monoisotopic (exact) mass is 831 g/mol. The lowest BCUT2D eigenvalue weighted by Gasteiger charge is -2.61. The molecule has 1 saturated heterocycles. The average Bonchev–Trinajstić information content (AvgIpc) is 3.20. The standard InChI is InChI=1S/C45H74N4O8S/c1-12-17-18-20-25-34(57-49-44(13-2,14-3)33-48(43(6,7)8)42(52)45(49,15-4)16-5)32-37(40(50)55-11)41(51)56-31-22-19-21-30-46-58(53,54)39-29-24-26-35-36(39)27-23-28-38(35)47(9)10/h23-24,26-29,34,37,46H,12-22,25,30-33H2,1-11H3. The summed E-state index contributed by atoms with van der Waals surface area (Å²) in [6.45, 7) is 17.5. The molecule has 0 saturated carbocycles. The number of unbranched alkanes of at least 4 members (excludes halogenated alkanes) is 5. The number of rotatable bonds is 24. The number of methoxy groups -OCH3 is 1. The Balaban J connectivity index is 1.71. The fourth-order valence-electron chi connectivity index (χ4n) is 8.28. The number of carbonyl (C=O) groups excluding carboxylic acids is 3. The number of hydroxylamine groups is 2. The van der Waals surface area contributed by atoms with Gasteiger partial charge in [-0.3, -0.25) is 19.2 Å². The molecule has 13 heteroatoms. The van der Waals surface area contributed by atoms with Crippen LogP contribution in [-0.2, 0) is 38.7 Å². The molecule has 2 atom stereocenters. The summed E-state index contributed by atoms with van der Waals surface area (Å²) in [6, 6.07) is 10.9. The third-order valence-electron chi connectivity index (χ3n) is 12.1. The van der Waals surface area contributed by atoms with Gasteiger partial charge in [-0.2, -0.15) is 5.06 Å². The maximum absolute atomic E-state index is 14.5. The van der Waals surface area contributed by atoms with E-state index in [1.807, 2.05) is 67.1 Å². The summed E-state index contributed by atoms with van der Waals surface area (Å²) in [5.74, 6) is -2.53. The van der Waals surface area contributed by atoms with Crippen LogP contribution >= 0.6 is 0 Å². The lowest BCUT2D eigenvalue weighted by molar-refractivity contribution is -0.323. The van der Waals surface area contributed by atoms with Gasteiger partial charge < -0.3 is 19.3 Å². The van der Waals surface area contributed by atoms with E-state index in [0.717, 1.165) is 49.6 Å². The number of hydrogen-bond donors (Lipinski definition) is 1. The molecule has 12 nitrogen and oxygen atoms in total. The number of carbonyl (C=O) groups is 3. The molecule has 1 aliphatic rings. The van der Waals surface area contributed by atoms with E-state index in [9.17, 15) is 22.8 Å². The van der Waals surface area contributed by atoms with Crippen molar-refractivity contribution in [3.05, 3.63) is 36.4 Å². The van der Waals surface area contributed by atoms with E-state index in [2.05, 4.69) is 46.3 Å². The Morgan fingerprint density at radius 3 is 2.09 bits per heavy atom. The lowest BCUT2D eigenvalue weighted by Crippen LogP contribution is -2.76. The van der Waals surface area contributed by atoms with Gasteiger partial charge in [0.15, 0.2) is 5.92 Å². The topological polar surface area (TPSA) is 135 Å². The molecular formula is C45H74N4O8S. The number of benzene rings is 2. The molecule has 1 N–H and O–H groups in total. The summed E-state index contributed by atoms with van der Waals surface area (Å²) in [4.78, 5) is 52.6. The number of nitrogens with zero attached hydrogens (tertiary/aromatic N) is 3. The molecular weight excluding hydrogens is 757 g/mol. The van der Waals surface area contributed by atoms with Crippen molar-refractivity contribution in [2.75, 3.05) is 45.8 Å². The summed E-state index contributed by atoms with van der Waals surface area (Å²) in [6.07, 6.45) is 8.28. The van der Waals surface area contributed by atoms with Crippen molar-refractivity contribution in [1.82, 2.24) is 14.7 Å². The maximum atomic E-state index is 14.5. The highest BCUT2D eigenvalue weighted by Crippen LogP contribution is 2.45. The van der Waals surface area contributed by atoms with E-state index in [4.69, 9.17) is 14.3 Å². The minimum absolute atomic E-state index is 0.0381. The largest absolute Gasteiger partial charge is 0.468 e.